The molecule has 1 aliphatic carbocycles. The predicted octanol–water partition coefficient (Wildman–Crippen LogP) is 4.56. The van der Waals surface area contributed by atoms with E-state index in [0.29, 0.717) is 5.69 Å². The van der Waals surface area contributed by atoms with Crippen molar-refractivity contribution in [3.63, 3.8) is 0 Å². The van der Waals surface area contributed by atoms with Crippen LogP contribution in [0.1, 0.15) is 84.5 Å². The van der Waals surface area contributed by atoms with Crippen molar-refractivity contribution in [1.29, 1.82) is 0 Å². The second-order valence-electron chi connectivity index (χ2n) is 9.62. The third-order valence-electron chi connectivity index (χ3n) is 6.97. The lowest BCUT2D eigenvalue weighted by Gasteiger charge is -2.44. The second kappa shape index (κ2) is 10.7. The number of anilines is 1. The molecule has 1 atom stereocenters. The van der Waals surface area contributed by atoms with Gasteiger partial charge in [0.2, 0.25) is 5.91 Å². The largest absolute Gasteiger partial charge is 0.461 e. The number of fused-ring (bicyclic) bond motifs is 1. The summed E-state index contributed by atoms with van der Waals surface area (Å²) in [4.78, 5) is 41.7. The normalized spacial score (nSPS) is 20.8. The average Bonchev–Trinajstić information content (AvgIpc) is 3.09. The molecule has 1 aliphatic heterocycles. The van der Waals surface area contributed by atoms with Crippen molar-refractivity contribution in [2.75, 3.05) is 11.5 Å². The van der Waals surface area contributed by atoms with Gasteiger partial charge in [-0.25, -0.2) is 4.79 Å². The highest BCUT2D eigenvalue weighted by Crippen LogP contribution is 2.35. The molecule has 1 aromatic carbocycles. The van der Waals surface area contributed by atoms with Gasteiger partial charge in [-0.2, -0.15) is 5.10 Å². The van der Waals surface area contributed by atoms with Crippen molar-refractivity contribution in [2.24, 2.45) is 0 Å². The minimum Gasteiger partial charge on any atom is -0.461 e. The molecule has 9 heteroatoms. The molecule has 1 N–H and O–H groups in total. The fourth-order valence-electron chi connectivity index (χ4n) is 5.08. The Bertz CT molecular complexity index is 1120. The molecule has 2 aliphatic rings. The number of nitrogens with zero attached hydrogens (tertiary/aromatic N) is 3. The van der Waals surface area contributed by atoms with Crippen LogP contribution in [0.15, 0.2) is 24.3 Å². The number of rotatable bonds is 6. The smallest absolute Gasteiger partial charge is 0.358 e. The van der Waals surface area contributed by atoms with Crippen LogP contribution in [0.25, 0.3) is 0 Å². The van der Waals surface area contributed by atoms with Crippen LogP contribution in [0, 0.1) is 6.92 Å². The molecule has 0 radical (unpaired) electrons. The SMILES string of the molecule is CCOC(=O)c1cc2n(n1)CC(C)(C(=O)NC1CCCCCC1)N(c1ccc(CI)cc1C)C2=O. The Hall–Kier alpha value is -2.43. The Morgan fingerprint density at radius 1 is 1.20 bits per heavy atom. The van der Waals surface area contributed by atoms with Gasteiger partial charge in [0, 0.05) is 22.2 Å². The molecule has 0 saturated heterocycles. The Balaban J connectivity index is 1.76. The monoisotopic (exact) mass is 592 g/mol. The summed E-state index contributed by atoms with van der Waals surface area (Å²) >= 11 is 2.31. The predicted molar refractivity (Wildman–Crippen MR) is 142 cm³/mol. The van der Waals surface area contributed by atoms with Gasteiger partial charge in [0.25, 0.3) is 5.91 Å². The Morgan fingerprint density at radius 3 is 2.54 bits per heavy atom. The lowest BCUT2D eigenvalue weighted by Crippen LogP contribution is -2.65. The summed E-state index contributed by atoms with van der Waals surface area (Å²) < 4.78 is 7.42. The number of aryl methyl sites for hydroxylation is 1. The lowest BCUT2D eigenvalue weighted by atomic mass is 9.92. The van der Waals surface area contributed by atoms with E-state index in [4.69, 9.17) is 4.74 Å². The maximum absolute atomic E-state index is 13.9. The van der Waals surface area contributed by atoms with Crippen molar-refractivity contribution < 1.29 is 19.1 Å². The molecule has 4 rings (SSSR count). The Morgan fingerprint density at radius 2 is 1.91 bits per heavy atom. The third-order valence-corrected chi connectivity index (χ3v) is 7.85. The van der Waals surface area contributed by atoms with Gasteiger partial charge in [-0.3, -0.25) is 19.2 Å². The van der Waals surface area contributed by atoms with E-state index < -0.39 is 11.5 Å². The number of alkyl halides is 1. The number of carbonyl (C=O) groups is 3. The summed E-state index contributed by atoms with van der Waals surface area (Å²) in [5, 5.41) is 7.60. The molecule has 188 valence electrons. The van der Waals surface area contributed by atoms with Gasteiger partial charge in [0.15, 0.2) is 5.69 Å². The minimum atomic E-state index is -1.22. The van der Waals surface area contributed by atoms with E-state index in [2.05, 4.69) is 39.1 Å². The zero-order valence-corrected chi connectivity index (χ0v) is 22.8. The van der Waals surface area contributed by atoms with Gasteiger partial charge in [-0.15, -0.1) is 0 Å². The molecule has 1 fully saturated rings. The summed E-state index contributed by atoms with van der Waals surface area (Å²) in [6, 6.07) is 7.51. The molecular weight excluding hydrogens is 559 g/mol. The number of esters is 1. The molecule has 2 amide bonds. The van der Waals surface area contributed by atoms with Gasteiger partial charge in [-0.1, -0.05) is 60.4 Å². The zero-order chi connectivity index (χ0) is 25.2. The van der Waals surface area contributed by atoms with Crippen LogP contribution >= 0.6 is 22.6 Å². The molecule has 0 spiro atoms. The van der Waals surface area contributed by atoms with E-state index in [1.807, 2.05) is 19.1 Å². The number of hydrogen-bond acceptors (Lipinski definition) is 5. The molecule has 1 unspecified atom stereocenters. The van der Waals surface area contributed by atoms with Gasteiger partial charge in [0.1, 0.15) is 11.2 Å². The van der Waals surface area contributed by atoms with Crippen molar-refractivity contribution in [2.45, 2.75) is 81.8 Å². The van der Waals surface area contributed by atoms with Crippen molar-refractivity contribution in [1.82, 2.24) is 15.1 Å². The van der Waals surface area contributed by atoms with Crippen LogP contribution in [0.5, 0.6) is 0 Å². The highest BCUT2D eigenvalue weighted by Gasteiger charge is 2.50. The standard InChI is InChI=1S/C26H33IN4O4/c1-4-35-24(33)20-14-22-23(32)31(21-12-11-18(15-27)13-17(21)2)26(3,16-30(22)29-20)25(34)28-19-9-7-5-6-8-10-19/h11-14,19H,4-10,15-16H2,1-3H3,(H,28,34). The van der Waals surface area contributed by atoms with Gasteiger partial charge in [-0.05, 0) is 50.8 Å². The Kier molecular flexibility index (Phi) is 7.83. The van der Waals surface area contributed by atoms with E-state index >= 15 is 0 Å². The molecule has 2 aromatic rings. The summed E-state index contributed by atoms with van der Waals surface area (Å²) in [5.74, 6) is -1.14. The van der Waals surface area contributed by atoms with Crippen LogP contribution in [0.4, 0.5) is 5.69 Å². The lowest BCUT2D eigenvalue weighted by molar-refractivity contribution is -0.127. The first-order valence-corrected chi connectivity index (χ1v) is 13.9. The van der Waals surface area contributed by atoms with Gasteiger partial charge < -0.3 is 10.1 Å². The van der Waals surface area contributed by atoms with Crippen LogP contribution in [-0.2, 0) is 20.5 Å². The first-order chi connectivity index (χ1) is 16.8. The Labute approximate surface area is 219 Å². The molecule has 35 heavy (non-hydrogen) atoms. The number of nitrogens with one attached hydrogen (secondary N) is 1. The molecule has 0 bridgehead atoms. The highest BCUT2D eigenvalue weighted by molar-refractivity contribution is 14.1. The van der Waals surface area contributed by atoms with Crippen molar-refractivity contribution >= 4 is 46.1 Å². The van der Waals surface area contributed by atoms with E-state index in [-0.39, 0.29) is 42.4 Å². The number of halogens is 1. The topological polar surface area (TPSA) is 93.5 Å². The molecule has 1 saturated carbocycles. The quantitative estimate of drug-likeness (QED) is 0.230. The summed E-state index contributed by atoms with van der Waals surface area (Å²) in [7, 11) is 0. The number of ether oxygens (including phenoxy) is 1. The summed E-state index contributed by atoms with van der Waals surface area (Å²) in [6.45, 7) is 5.82. The number of aromatic nitrogens is 2. The first kappa shape index (κ1) is 25.7. The van der Waals surface area contributed by atoms with Crippen LogP contribution < -0.4 is 10.2 Å². The molecular formula is C26H33IN4O4. The van der Waals surface area contributed by atoms with E-state index in [1.165, 1.54) is 23.6 Å². The highest BCUT2D eigenvalue weighted by atomic mass is 127. The molecule has 1 aromatic heterocycles. The maximum atomic E-state index is 13.9. The zero-order valence-electron chi connectivity index (χ0n) is 20.6. The third kappa shape index (κ3) is 5.10. The van der Waals surface area contributed by atoms with Crippen molar-refractivity contribution in [3.05, 3.63) is 46.8 Å². The summed E-state index contributed by atoms with van der Waals surface area (Å²) in [6.07, 6.45) is 6.44. The van der Waals surface area contributed by atoms with Crippen molar-refractivity contribution in [3.8, 4) is 0 Å². The molecule has 8 nitrogen and oxygen atoms in total. The minimum absolute atomic E-state index is 0.0700. The van der Waals surface area contributed by atoms with Crippen LogP contribution in [-0.4, -0.2) is 45.8 Å². The van der Waals surface area contributed by atoms with Gasteiger partial charge in [0.05, 0.1) is 13.2 Å². The van der Waals surface area contributed by atoms with Gasteiger partial charge >= 0.3 is 5.97 Å². The number of carbonyl (C=O) groups excluding carboxylic acids is 3. The van der Waals surface area contributed by atoms with E-state index in [1.54, 1.807) is 18.7 Å². The summed E-state index contributed by atoms with van der Waals surface area (Å²) in [5.41, 5.74) is 1.87. The molecule has 2 heterocycles. The first-order valence-electron chi connectivity index (χ1n) is 12.3. The fraction of sp³-hybridized carbons (Fsp3) is 0.538. The van der Waals surface area contributed by atoms with E-state index in [0.717, 1.165) is 41.2 Å². The number of benzene rings is 1. The number of amides is 2. The number of hydrogen-bond donors (Lipinski definition) is 1. The van der Waals surface area contributed by atoms with Crippen LogP contribution in [0.3, 0.4) is 0 Å². The second-order valence-corrected chi connectivity index (χ2v) is 10.4. The fourth-order valence-corrected chi connectivity index (χ4v) is 5.55. The van der Waals surface area contributed by atoms with Crippen LogP contribution in [0.2, 0.25) is 0 Å². The average molecular weight is 592 g/mol. The van der Waals surface area contributed by atoms with E-state index in [9.17, 15) is 14.4 Å². The maximum Gasteiger partial charge on any atom is 0.358 e.